The van der Waals surface area contributed by atoms with Gasteiger partial charge in [0, 0.05) is 22.9 Å². The number of alkyl halides is 2. The molecule has 39 heavy (non-hydrogen) atoms. The summed E-state index contributed by atoms with van der Waals surface area (Å²) < 4.78 is 42.4. The molecule has 7 nitrogen and oxygen atoms in total. The van der Waals surface area contributed by atoms with E-state index in [1.165, 1.54) is 36.4 Å². The van der Waals surface area contributed by atoms with E-state index in [-0.39, 0.29) is 34.2 Å². The lowest BCUT2D eigenvalue weighted by Crippen LogP contribution is -2.38. The Morgan fingerprint density at radius 3 is 2.31 bits per heavy atom. The third kappa shape index (κ3) is 6.51. The minimum Gasteiger partial charge on any atom is -0.618 e. The van der Waals surface area contributed by atoms with Crippen LogP contribution >= 0.6 is 11.6 Å². The topological polar surface area (TPSA) is 114 Å². The van der Waals surface area contributed by atoms with Crippen molar-refractivity contribution >= 4 is 29.2 Å². The summed E-state index contributed by atoms with van der Waals surface area (Å²) in [4.78, 5) is 24.5. The number of carboxylic acids is 1. The average molecular weight is 563 g/mol. The first-order valence-corrected chi connectivity index (χ1v) is 12.7. The van der Waals surface area contributed by atoms with Crippen LogP contribution in [0.15, 0.2) is 54.7 Å². The molecule has 0 unspecified atom stereocenters. The van der Waals surface area contributed by atoms with Crippen LogP contribution in [0.1, 0.15) is 66.1 Å². The minimum atomic E-state index is -3.01. The fourth-order valence-electron chi connectivity index (χ4n) is 4.95. The summed E-state index contributed by atoms with van der Waals surface area (Å²) in [5, 5.41) is 34.5. The number of aromatic carboxylic acids is 1. The lowest BCUT2D eigenvalue weighted by atomic mass is 9.80. The van der Waals surface area contributed by atoms with Gasteiger partial charge in [0.2, 0.25) is 11.6 Å². The molecule has 1 saturated carbocycles. The van der Waals surface area contributed by atoms with Crippen molar-refractivity contribution in [2.24, 2.45) is 5.92 Å². The van der Waals surface area contributed by atoms with Crippen LogP contribution in [0.4, 0.5) is 18.9 Å². The van der Waals surface area contributed by atoms with E-state index in [1.807, 2.05) is 0 Å². The summed E-state index contributed by atoms with van der Waals surface area (Å²) in [5.41, 5.74) is -0.835. The molecule has 1 fully saturated rings. The summed E-state index contributed by atoms with van der Waals surface area (Å²) in [5.74, 6) is -3.65. The van der Waals surface area contributed by atoms with Crippen LogP contribution in [0.2, 0.25) is 5.02 Å². The molecule has 1 aliphatic carbocycles. The second-order valence-electron chi connectivity index (χ2n) is 9.63. The molecule has 0 bridgehead atoms. The van der Waals surface area contributed by atoms with Gasteiger partial charge in [0.05, 0.1) is 22.3 Å². The van der Waals surface area contributed by atoms with Crippen molar-refractivity contribution in [2.45, 2.75) is 50.6 Å². The van der Waals surface area contributed by atoms with Gasteiger partial charge in [-0.1, -0.05) is 17.7 Å². The van der Waals surface area contributed by atoms with Gasteiger partial charge in [-0.3, -0.25) is 4.79 Å². The normalized spacial score (nSPS) is 18.1. The predicted molar refractivity (Wildman–Crippen MR) is 138 cm³/mol. The number of nitrogens with one attached hydrogen (secondary N) is 1. The Morgan fingerprint density at radius 1 is 1.05 bits per heavy atom. The molecule has 0 spiro atoms. The zero-order chi connectivity index (χ0) is 28.3. The average Bonchev–Trinajstić information content (AvgIpc) is 2.90. The Balaban J connectivity index is 1.68. The molecular formula is C28H26ClF3N2O5. The molecular weight excluding hydrogens is 537 g/mol. The van der Waals surface area contributed by atoms with Gasteiger partial charge >= 0.3 is 5.97 Å². The van der Waals surface area contributed by atoms with Crippen LogP contribution in [-0.4, -0.2) is 28.2 Å². The molecule has 206 valence electrons. The van der Waals surface area contributed by atoms with Crippen molar-refractivity contribution in [3.05, 3.63) is 87.6 Å². The number of halogens is 4. The number of aromatic nitrogens is 1. The number of benzene rings is 2. The number of pyridine rings is 1. The number of aliphatic hydroxyl groups excluding tert-OH is 1. The number of nitrogens with zero attached hydrogens (tertiary/aromatic N) is 1. The van der Waals surface area contributed by atoms with Crippen molar-refractivity contribution < 1.29 is 37.7 Å². The Kier molecular flexibility index (Phi) is 8.76. The van der Waals surface area contributed by atoms with E-state index in [0.29, 0.717) is 36.1 Å². The van der Waals surface area contributed by atoms with Gasteiger partial charge in [0.15, 0.2) is 6.20 Å². The van der Waals surface area contributed by atoms with Crippen LogP contribution in [0, 0.1) is 16.9 Å². The number of rotatable bonds is 8. The zero-order valence-electron chi connectivity index (χ0n) is 20.6. The third-order valence-electron chi connectivity index (χ3n) is 7.05. The molecule has 0 saturated heterocycles. The molecule has 4 rings (SSSR count). The number of anilines is 1. The molecule has 0 radical (unpaired) electrons. The lowest BCUT2D eigenvalue weighted by Gasteiger charge is -2.28. The molecule has 0 aliphatic heterocycles. The number of carbonyl (C=O) groups is 2. The molecule has 1 atom stereocenters. The summed E-state index contributed by atoms with van der Waals surface area (Å²) in [7, 11) is 0. The van der Waals surface area contributed by atoms with Crippen LogP contribution < -0.4 is 10.0 Å². The minimum absolute atomic E-state index is 0.0329. The Hall–Kier alpha value is -3.63. The first-order valence-electron chi connectivity index (χ1n) is 12.4. The van der Waals surface area contributed by atoms with Crippen LogP contribution in [0.25, 0.3) is 11.1 Å². The maximum atomic E-state index is 14.8. The largest absolute Gasteiger partial charge is 0.618 e. The highest BCUT2D eigenvalue weighted by molar-refractivity contribution is 6.31. The van der Waals surface area contributed by atoms with Gasteiger partial charge in [-0.2, -0.15) is 4.73 Å². The van der Waals surface area contributed by atoms with Crippen molar-refractivity contribution in [3.63, 3.8) is 0 Å². The summed E-state index contributed by atoms with van der Waals surface area (Å²) in [6, 6.07) is 10.2. The van der Waals surface area contributed by atoms with E-state index in [2.05, 4.69) is 5.32 Å². The SMILES string of the molecule is O=C(O)c1ccc(NC(=O)[C@@H](C[C@H]2CC[C@H](O)CC2)c2ccc(-c3c(C(F)F)ccc(Cl)c3F)c[n+]2[O-])cc1. The second-order valence-corrected chi connectivity index (χ2v) is 10.0. The van der Waals surface area contributed by atoms with Crippen molar-refractivity contribution in [2.75, 3.05) is 5.32 Å². The van der Waals surface area contributed by atoms with E-state index in [0.717, 1.165) is 18.3 Å². The summed E-state index contributed by atoms with van der Waals surface area (Å²) >= 11 is 5.82. The molecule has 1 heterocycles. The van der Waals surface area contributed by atoms with Crippen molar-refractivity contribution in [1.29, 1.82) is 0 Å². The number of hydrogen-bond acceptors (Lipinski definition) is 4. The fraction of sp³-hybridized carbons (Fsp3) is 0.321. The lowest BCUT2D eigenvalue weighted by molar-refractivity contribution is -0.614. The molecule has 1 amide bonds. The third-order valence-corrected chi connectivity index (χ3v) is 7.35. The number of aliphatic hydroxyl groups is 1. The first kappa shape index (κ1) is 28.4. The molecule has 3 aromatic rings. The maximum absolute atomic E-state index is 14.8. The highest BCUT2D eigenvalue weighted by atomic mass is 35.5. The Labute approximate surface area is 227 Å². The number of carboxylic acid groups (broad SMARTS) is 1. The second kappa shape index (κ2) is 12.0. The molecule has 3 N–H and O–H groups in total. The van der Waals surface area contributed by atoms with Gasteiger partial charge in [-0.05, 0) is 74.4 Å². The number of carbonyl (C=O) groups excluding carboxylic acids is 1. The summed E-state index contributed by atoms with van der Waals surface area (Å²) in [6.45, 7) is 0. The van der Waals surface area contributed by atoms with E-state index >= 15 is 0 Å². The number of hydrogen-bond donors (Lipinski definition) is 3. The standard InChI is InChI=1S/C28H26ClF3N2O5/c29-22-11-10-20(26(31)32)24(25(22)30)17-5-12-23(34(39)14-17)21(13-15-1-8-19(35)9-2-15)27(36)33-18-6-3-16(4-7-18)28(37)38/h3-7,10-12,14-15,19,21,26,35H,1-2,8-9,13H2,(H,33,36)(H,37,38)/t15-,19-,21-/m0/s1. The van der Waals surface area contributed by atoms with Gasteiger partial charge in [0.25, 0.3) is 6.43 Å². The van der Waals surface area contributed by atoms with Crippen LogP contribution in [0.5, 0.6) is 0 Å². The van der Waals surface area contributed by atoms with E-state index in [9.17, 15) is 33.1 Å². The van der Waals surface area contributed by atoms with E-state index in [4.69, 9.17) is 16.7 Å². The monoisotopic (exact) mass is 562 g/mol. The van der Waals surface area contributed by atoms with Crippen molar-refractivity contribution in [3.8, 4) is 11.1 Å². The van der Waals surface area contributed by atoms with E-state index < -0.39 is 47.3 Å². The summed E-state index contributed by atoms with van der Waals surface area (Å²) in [6.07, 6.45) is 0.235. The zero-order valence-corrected chi connectivity index (χ0v) is 21.4. The quantitative estimate of drug-likeness (QED) is 0.227. The van der Waals surface area contributed by atoms with Crippen LogP contribution in [0.3, 0.4) is 0 Å². The first-order chi connectivity index (χ1) is 18.5. The van der Waals surface area contributed by atoms with Crippen molar-refractivity contribution in [1.82, 2.24) is 0 Å². The highest BCUT2D eigenvalue weighted by Crippen LogP contribution is 2.37. The molecule has 1 aliphatic rings. The fourth-order valence-corrected chi connectivity index (χ4v) is 5.11. The molecule has 2 aromatic carbocycles. The maximum Gasteiger partial charge on any atom is 0.335 e. The Bertz CT molecular complexity index is 1360. The smallest absolute Gasteiger partial charge is 0.335 e. The highest BCUT2D eigenvalue weighted by Gasteiger charge is 2.33. The van der Waals surface area contributed by atoms with Gasteiger partial charge < -0.3 is 20.7 Å². The predicted octanol–water partition coefficient (Wildman–Crippen LogP) is 6.08. The number of amides is 1. The Morgan fingerprint density at radius 2 is 1.72 bits per heavy atom. The molecule has 1 aromatic heterocycles. The van der Waals surface area contributed by atoms with Gasteiger partial charge in [-0.15, -0.1) is 0 Å². The van der Waals surface area contributed by atoms with Gasteiger partial charge in [-0.25, -0.2) is 18.0 Å². The van der Waals surface area contributed by atoms with E-state index in [1.54, 1.807) is 0 Å². The van der Waals surface area contributed by atoms with Crippen LogP contribution in [-0.2, 0) is 4.79 Å². The molecule has 11 heteroatoms. The van der Waals surface area contributed by atoms with Gasteiger partial charge in [0.1, 0.15) is 11.7 Å².